The first-order valence-corrected chi connectivity index (χ1v) is 8.60. The molecule has 1 unspecified atom stereocenters. The number of morpholine rings is 1. The average Bonchev–Trinajstić information content (AvgIpc) is 3.15. The molecule has 128 valence electrons. The van der Waals surface area contributed by atoms with Crippen LogP contribution in [0.5, 0.6) is 0 Å². The molecule has 2 aliphatic heterocycles. The monoisotopic (exact) mass is 354 g/mol. The maximum absolute atomic E-state index is 12.1. The molecule has 0 saturated carbocycles. The predicted molar refractivity (Wildman–Crippen MR) is 98.6 cm³/mol. The van der Waals surface area contributed by atoms with Crippen LogP contribution in [0.1, 0.15) is 27.7 Å². The van der Waals surface area contributed by atoms with Crippen LogP contribution in [0.4, 0.5) is 5.69 Å². The molecule has 1 amide bonds. The lowest BCUT2D eigenvalue weighted by Crippen LogP contribution is -2.41. The minimum absolute atomic E-state index is 0.0231. The molecule has 0 bridgehead atoms. The minimum Gasteiger partial charge on any atom is -0.371 e. The summed E-state index contributed by atoms with van der Waals surface area (Å²) in [4.78, 5) is 17.1. The molecule has 4 rings (SSSR count). The fourth-order valence-electron chi connectivity index (χ4n) is 3.30. The number of aromatic nitrogens is 1. The van der Waals surface area contributed by atoms with Gasteiger partial charge in [-0.1, -0.05) is 24.3 Å². The topological polar surface area (TPSA) is 69.4 Å². The molecule has 0 radical (unpaired) electrons. The molecular formula is C18H18N4O2S. The average molecular weight is 354 g/mol. The fourth-order valence-corrected chi connectivity index (χ4v) is 3.46. The van der Waals surface area contributed by atoms with E-state index in [1.54, 1.807) is 6.20 Å². The Bertz CT molecular complexity index is 850. The maximum Gasteiger partial charge on any atom is 0.275 e. The number of aromatic amines is 1. The number of nitrogens with zero attached hydrogens (tertiary/aromatic N) is 1. The number of hydrogen-bond acceptors (Lipinski definition) is 5. The summed E-state index contributed by atoms with van der Waals surface area (Å²) >= 11 is 4.99. The Balaban J connectivity index is 1.69. The number of rotatable bonds is 3. The highest BCUT2D eigenvalue weighted by Crippen LogP contribution is 2.30. The van der Waals surface area contributed by atoms with Crippen molar-refractivity contribution < 1.29 is 9.53 Å². The molecule has 1 aromatic heterocycles. The van der Waals surface area contributed by atoms with Crippen molar-refractivity contribution in [2.24, 2.45) is 0 Å². The lowest BCUT2D eigenvalue weighted by molar-refractivity contribution is 0.0271. The second-order valence-corrected chi connectivity index (χ2v) is 6.20. The third-order valence-electron chi connectivity index (χ3n) is 4.50. The molecule has 1 atom stereocenters. The summed E-state index contributed by atoms with van der Waals surface area (Å²) in [5.74, 6) is 0.293. The van der Waals surface area contributed by atoms with Gasteiger partial charge in [-0.25, -0.2) is 0 Å². The van der Waals surface area contributed by atoms with Crippen LogP contribution in [0, 0.1) is 0 Å². The third kappa shape index (κ3) is 2.99. The number of thiocarbonyl (C=S) groups is 1. The smallest absolute Gasteiger partial charge is 0.275 e. The van der Waals surface area contributed by atoms with Crippen molar-refractivity contribution in [2.75, 3.05) is 24.6 Å². The molecule has 7 heteroatoms. The maximum atomic E-state index is 12.1. The Morgan fingerprint density at radius 2 is 2.20 bits per heavy atom. The highest BCUT2D eigenvalue weighted by atomic mass is 32.1. The largest absolute Gasteiger partial charge is 0.371 e. The van der Waals surface area contributed by atoms with Crippen molar-refractivity contribution in [1.82, 2.24) is 15.6 Å². The van der Waals surface area contributed by atoms with Crippen LogP contribution in [-0.2, 0) is 11.3 Å². The molecule has 1 fully saturated rings. The summed E-state index contributed by atoms with van der Waals surface area (Å²) in [5.41, 5.74) is 3.60. The van der Waals surface area contributed by atoms with Crippen molar-refractivity contribution in [1.29, 1.82) is 0 Å². The van der Waals surface area contributed by atoms with Crippen LogP contribution in [0.2, 0.25) is 0 Å². The van der Waals surface area contributed by atoms with E-state index in [0.717, 1.165) is 29.9 Å². The molecule has 25 heavy (non-hydrogen) atoms. The number of carbonyl (C=O) groups is 1. The van der Waals surface area contributed by atoms with Crippen molar-refractivity contribution in [3.8, 4) is 0 Å². The molecular weight excluding hydrogens is 336 g/mol. The van der Waals surface area contributed by atoms with Gasteiger partial charge in [0.1, 0.15) is 5.69 Å². The number of ether oxygens (including phenoxy) is 1. The summed E-state index contributed by atoms with van der Waals surface area (Å²) in [5, 5.41) is 8.83. The van der Waals surface area contributed by atoms with Crippen LogP contribution in [-0.4, -0.2) is 35.6 Å². The van der Waals surface area contributed by atoms with Gasteiger partial charge in [0.15, 0.2) is 5.82 Å². The van der Waals surface area contributed by atoms with Gasteiger partial charge in [-0.15, -0.1) is 0 Å². The first-order valence-electron chi connectivity index (χ1n) is 8.19. The van der Waals surface area contributed by atoms with Crippen molar-refractivity contribution in [3.05, 3.63) is 59.2 Å². The summed E-state index contributed by atoms with van der Waals surface area (Å²) in [6, 6.07) is 10.1. The lowest BCUT2D eigenvalue weighted by atomic mass is 10.0. The van der Waals surface area contributed by atoms with E-state index in [2.05, 4.69) is 32.8 Å². The van der Waals surface area contributed by atoms with E-state index >= 15 is 0 Å². The minimum atomic E-state index is -0.198. The highest BCUT2D eigenvalue weighted by Gasteiger charge is 2.29. The zero-order valence-corrected chi connectivity index (χ0v) is 14.4. The molecule has 0 aliphatic carbocycles. The Morgan fingerprint density at radius 3 is 3.00 bits per heavy atom. The predicted octanol–water partition coefficient (Wildman–Crippen LogP) is 1.87. The number of nitrogens with one attached hydrogen (secondary N) is 3. The Kier molecular flexibility index (Phi) is 4.38. The van der Waals surface area contributed by atoms with Crippen LogP contribution in [0.25, 0.3) is 0 Å². The van der Waals surface area contributed by atoms with Gasteiger partial charge in [0.05, 0.1) is 24.9 Å². The molecule has 1 saturated heterocycles. The summed E-state index contributed by atoms with van der Waals surface area (Å²) in [6.07, 6.45) is 1.78. The Labute approximate surface area is 150 Å². The van der Waals surface area contributed by atoms with Crippen LogP contribution in [0.3, 0.4) is 0 Å². The van der Waals surface area contributed by atoms with Crippen molar-refractivity contribution in [3.63, 3.8) is 0 Å². The van der Waals surface area contributed by atoms with E-state index < -0.39 is 0 Å². The van der Waals surface area contributed by atoms with E-state index in [-0.39, 0.29) is 12.0 Å². The van der Waals surface area contributed by atoms with Gasteiger partial charge < -0.3 is 19.9 Å². The third-order valence-corrected chi connectivity index (χ3v) is 4.69. The number of anilines is 1. The number of amides is 1. The van der Waals surface area contributed by atoms with Gasteiger partial charge in [0.25, 0.3) is 5.91 Å². The quantitative estimate of drug-likeness (QED) is 0.734. The molecule has 2 aliphatic rings. The van der Waals surface area contributed by atoms with Crippen LogP contribution < -0.4 is 15.5 Å². The standard InChI is InChI=1S/C18H18N4O2S/c23-18-17-14(5-6-20-17)22(16(11-25)21-18)10-12-3-1-2-4-13(12)15-9-19-7-8-24-15/h1-6,15,19-20H,7-10H2,(H,21,23). The zero-order valence-electron chi connectivity index (χ0n) is 13.5. The summed E-state index contributed by atoms with van der Waals surface area (Å²) in [6.45, 7) is 2.94. The van der Waals surface area contributed by atoms with Gasteiger partial charge in [0, 0.05) is 19.3 Å². The summed E-state index contributed by atoms with van der Waals surface area (Å²) < 4.78 is 5.92. The van der Waals surface area contributed by atoms with Crippen LogP contribution in [0.15, 0.2) is 42.3 Å². The zero-order chi connectivity index (χ0) is 17.2. The van der Waals surface area contributed by atoms with E-state index in [0.29, 0.717) is 24.7 Å². The van der Waals surface area contributed by atoms with Gasteiger partial charge in [-0.3, -0.25) is 10.1 Å². The SMILES string of the molecule is O=C1NC(=C=S)N(Cc2ccccc2C2CNCCO2)c2cc[nH]c21. The number of benzene rings is 1. The van der Waals surface area contributed by atoms with Crippen LogP contribution >= 0.6 is 12.2 Å². The highest BCUT2D eigenvalue weighted by molar-refractivity contribution is 7.78. The normalized spacial score (nSPS) is 20.0. The van der Waals surface area contributed by atoms with Crippen molar-refractivity contribution >= 4 is 28.8 Å². The summed E-state index contributed by atoms with van der Waals surface area (Å²) in [7, 11) is 0. The van der Waals surface area contributed by atoms with Gasteiger partial charge in [-0.05, 0) is 34.4 Å². The fraction of sp³-hybridized carbons (Fsp3) is 0.278. The van der Waals surface area contributed by atoms with Gasteiger partial charge >= 0.3 is 0 Å². The first-order chi connectivity index (χ1) is 12.3. The van der Waals surface area contributed by atoms with Gasteiger partial charge in [0.2, 0.25) is 0 Å². The second kappa shape index (κ2) is 6.82. The van der Waals surface area contributed by atoms with Crippen molar-refractivity contribution in [2.45, 2.75) is 12.6 Å². The number of fused-ring (bicyclic) bond motifs is 1. The van der Waals surface area contributed by atoms with E-state index in [4.69, 9.17) is 17.0 Å². The molecule has 3 heterocycles. The molecule has 3 N–H and O–H groups in total. The Hall–Kier alpha value is -2.44. The molecule has 1 aromatic carbocycles. The number of hydrogen-bond donors (Lipinski definition) is 3. The second-order valence-electron chi connectivity index (χ2n) is 5.99. The van der Waals surface area contributed by atoms with Gasteiger partial charge in [-0.2, -0.15) is 0 Å². The number of carbonyl (C=O) groups excluding carboxylic acids is 1. The van der Waals surface area contributed by atoms with E-state index in [1.807, 2.05) is 23.1 Å². The first kappa shape index (κ1) is 16.1. The van der Waals surface area contributed by atoms with E-state index in [9.17, 15) is 4.79 Å². The number of H-pyrrole nitrogens is 1. The molecule has 0 spiro atoms. The Morgan fingerprint density at radius 1 is 1.32 bits per heavy atom. The molecule has 2 aromatic rings. The van der Waals surface area contributed by atoms with E-state index in [1.165, 1.54) is 0 Å². The lowest BCUT2D eigenvalue weighted by Gasteiger charge is -2.32. The molecule has 6 nitrogen and oxygen atoms in total.